The molecule has 0 radical (unpaired) electrons. The number of hydrogen-bond donors (Lipinski definition) is 0. The average Bonchev–Trinajstić information content (AvgIpc) is 3.30. The van der Waals surface area contributed by atoms with Gasteiger partial charge in [-0.2, -0.15) is 0 Å². The molecule has 5 heteroatoms. The number of thiazole rings is 1. The molecule has 1 amide bonds. The van der Waals surface area contributed by atoms with Gasteiger partial charge in [0.15, 0.2) is 0 Å². The van der Waals surface area contributed by atoms with E-state index in [4.69, 9.17) is 0 Å². The third-order valence-electron chi connectivity index (χ3n) is 5.26. The predicted molar refractivity (Wildman–Crippen MR) is 110 cm³/mol. The van der Waals surface area contributed by atoms with Crippen LogP contribution in [0.3, 0.4) is 0 Å². The highest BCUT2D eigenvalue weighted by Crippen LogP contribution is 2.28. The predicted octanol–water partition coefficient (Wildman–Crippen LogP) is 5.03. The quantitative estimate of drug-likeness (QED) is 0.608. The van der Waals surface area contributed by atoms with Gasteiger partial charge in [0.25, 0.3) is 5.91 Å². The smallest absolute Gasteiger partial charge is 0.266 e. The van der Waals surface area contributed by atoms with Crippen molar-refractivity contribution in [2.75, 3.05) is 6.54 Å². The lowest BCUT2D eigenvalue weighted by Gasteiger charge is -2.24. The highest BCUT2D eigenvalue weighted by atomic mass is 32.1. The number of carbonyl (C=O) groups excluding carboxylic acids is 1. The van der Waals surface area contributed by atoms with Crippen LogP contribution >= 0.6 is 11.3 Å². The molecular formula is C23H23FN2OS. The molecule has 144 valence electrons. The molecule has 3 aromatic rings. The fourth-order valence-corrected chi connectivity index (χ4v) is 4.89. The van der Waals surface area contributed by atoms with Crippen LogP contribution in [0.2, 0.25) is 0 Å². The monoisotopic (exact) mass is 394 g/mol. The van der Waals surface area contributed by atoms with Gasteiger partial charge in [0.1, 0.15) is 10.7 Å². The molecule has 0 unspecified atom stereocenters. The van der Waals surface area contributed by atoms with Gasteiger partial charge < -0.3 is 4.90 Å². The van der Waals surface area contributed by atoms with Crippen LogP contribution in [-0.2, 0) is 12.8 Å². The first-order chi connectivity index (χ1) is 13.6. The van der Waals surface area contributed by atoms with Crippen molar-refractivity contribution in [1.29, 1.82) is 0 Å². The molecule has 2 aromatic carbocycles. The van der Waals surface area contributed by atoms with Crippen molar-refractivity contribution in [2.45, 2.75) is 38.6 Å². The summed E-state index contributed by atoms with van der Waals surface area (Å²) in [5.41, 5.74) is 3.06. The second kappa shape index (κ2) is 8.23. The maximum Gasteiger partial charge on any atom is 0.266 e. The number of nitrogens with zero attached hydrogens (tertiary/aromatic N) is 2. The summed E-state index contributed by atoms with van der Waals surface area (Å²) < 4.78 is 13.1. The summed E-state index contributed by atoms with van der Waals surface area (Å²) in [5, 5.41) is 0.895. The van der Waals surface area contributed by atoms with Crippen LogP contribution in [0.4, 0.5) is 4.39 Å². The number of halogens is 1. The SMILES string of the molecule is Cc1nc(Cc2ccc(F)cc2)sc1C(=O)N1CCC[C@H]1Cc1ccccc1. The van der Waals surface area contributed by atoms with E-state index in [-0.39, 0.29) is 17.8 Å². The second-order valence-electron chi connectivity index (χ2n) is 7.31. The summed E-state index contributed by atoms with van der Waals surface area (Å²) >= 11 is 1.47. The largest absolute Gasteiger partial charge is 0.335 e. The van der Waals surface area contributed by atoms with Crippen molar-refractivity contribution >= 4 is 17.2 Å². The molecule has 1 aliphatic rings. The van der Waals surface area contributed by atoms with Crippen molar-refractivity contribution in [2.24, 2.45) is 0 Å². The minimum Gasteiger partial charge on any atom is -0.335 e. The van der Waals surface area contributed by atoms with Crippen molar-refractivity contribution in [3.63, 3.8) is 0 Å². The first-order valence-electron chi connectivity index (χ1n) is 9.66. The van der Waals surface area contributed by atoms with Gasteiger partial charge in [0.2, 0.25) is 0 Å². The summed E-state index contributed by atoms with van der Waals surface area (Å²) in [4.78, 5) is 20.6. The van der Waals surface area contributed by atoms with Crippen LogP contribution in [-0.4, -0.2) is 28.4 Å². The molecule has 1 aliphatic heterocycles. The molecule has 1 aromatic heterocycles. The Morgan fingerprint density at radius 1 is 1.14 bits per heavy atom. The molecule has 1 saturated heterocycles. The van der Waals surface area contributed by atoms with Gasteiger partial charge in [-0.05, 0) is 49.4 Å². The second-order valence-corrected chi connectivity index (χ2v) is 8.39. The van der Waals surface area contributed by atoms with Gasteiger partial charge in [-0.25, -0.2) is 9.37 Å². The Hall–Kier alpha value is -2.53. The van der Waals surface area contributed by atoms with E-state index in [1.54, 1.807) is 12.1 Å². The lowest BCUT2D eigenvalue weighted by Crippen LogP contribution is -2.36. The maximum absolute atomic E-state index is 13.2. The molecule has 1 fully saturated rings. The van der Waals surface area contributed by atoms with E-state index in [2.05, 4.69) is 17.1 Å². The van der Waals surface area contributed by atoms with Crippen LogP contribution < -0.4 is 0 Å². The molecule has 0 bridgehead atoms. The highest BCUT2D eigenvalue weighted by molar-refractivity contribution is 7.13. The zero-order valence-corrected chi connectivity index (χ0v) is 16.7. The Kier molecular flexibility index (Phi) is 5.53. The Bertz CT molecular complexity index is 952. The van der Waals surface area contributed by atoms with Crippen LogP contribution in [0.5, 0.6) is 0 Å². The third-order valence-corrected chi connectivity index (χ3v) is 6.40. The van der Waals surface area contributed by atoms with Gasteiger partial charge in [-0.3, -0.25) is 4.79 Å². The Labute approximate surface area is 168 Å². The average molecular weight is 395 g/mol. The number of aromatic nitrogens is 1. The molecule has 3 nitrogen and oxygen atoms in total. The van der Waals surface area contributed by atoms with Crippen LogP contribution in [0, 0.1) is 12.7 Å². The zero-order valence-electron chi connectivity index (χ0n) is 15.9. The lowest BCUT2D eigenvalue weighted by molar-refractivity contribution is 0.0740. The third kappa shape index (κ3) is 4.14. The minimum atomic E-state index is -0.242. The Balaban J connectivity index is 1.49. The Morgan fingerprint density at radius 2 is 1.89 bits per heavy atom. The summed E-state index contributed by atoms with van der Waals surface area (Å²) in [6, 6.07) is 17.1. The number of amides is 1. The van der Waals surface area contributed by atoms with Gasteiger partial charge in [-0.15, -0.1) is 11.3 Å². The van der Waals surface area contributed by atoms with E-state index in [0.717, 1.165) is 46.9 Å². The van der Waals surface area contributed by atoms with Crippen LogP contribution in [0.15, 0.2) is 54.6 Å². The van der Waals surface area contributed by atoms with Crippen LogP contribution in [0.25, 0.3) is 0 Å². The normalized spacial score (nSPS) is 16.5. The van der Waals surface area contributed by atoms with Crippen molar-refractivity contribution in [3.8, 4) is 0 Å². The fourth-order valence-electron chi connectivity index (χ4n) is 3.84. The highest BCUT2D eigenvalue weighted by Gasteiger charge is 2.31. The first-order valence-corrected chi connectivity index (χ1v) is 10.5. The molecular weight excluding hydrogens is 371 g/mol. The van der Waals surface area contributed by atoms with Crippen molar-refractivity contribution < 1.29 is 9.18 Å². The van der Waals surface area contributed by atoms with E-state index >= 15 is 0 Å². The molecule has 2 heterocycles. The van der Waals surface area contributed by atoms with E-state index in [1.807, 2.05) is 30.0 Å². The maximum atomic E-state index is 13.2. The van der Waals surface area contributed by atoms with E-state index in [1.165, 1.54) is 29.0 Å². The summed E-state index contributed by atoms with van der Waals surface area (Å²) in [5.74, 6) is -0.146. The molecule has 0 saturated carbocycles. The van der Waals surface area contributed by atoms with Gasteiger partial charge in [-0.1, -0.05) is 42.5 Å². The number of carbonyl (C=O) groups is 1. The van der Waals surface area contributed by atoms with Gasteiger partial charge in [0.05, 0.1) is 10.7 Å². The van der Waals surface area contributed by atoms with Gasteiger partial charge in [0, 0.05) is 19.0 Å². The molecule has 0 spiro atoms. The number of likely N-dealkylation sites (tertiary alicyclic amines) is 1. The van der Waals surface area contributed by atoms with E-state index < -0.39 is 0 Å². The fraction of sp³-hybridized carbons (Fsp3) is 0.304. The number of aryl methyl sites for hydroxylation is 1. The summed E-state index contributed by atoms with van der Waals surface area (Å²) in [7, 11) is 0. The van der Waals surface area contributed by atoms with Gasteiger partial charge >= 0.3 is 0 Å². The molecule has 1 atom stereocenters. The number of benzene rings is 2. The van der Waals surface area contributed by atoms with E-state index in [0.29, 0.717) is 6.42 Å². The molecule has 0 aliphatic carbocycles. The molecule has 4 rings (SSSR count). The summed E-state index contributed by atoms with van der Waals surface area (Å²) in [6.07, 6.45) is 3.60. The lowest BCUT2D eigenvalue weighted by atomic mass is 10.0. The zero-order chi connectivity index (χ0) is 19.5. The Morgan fingerprint density at radius 3 is 2.64 bits per heavy atom. The van der Waals surface area contributed by atoms with Crippen molar-refractivity contribution in [1.82, 2.24) is 9.88 Å². The molecule has 0 N–H and O–H groups in total. The van der Waals surface area contributed by atoms with Crippen LogP contribution in [0.1, 0.15) is 44.3 Å². The molecule has 28 heavy (non-hydrogen) atoms. The van der Waals surface area contributed by atoms with Crippen molar-refractivity contribution in [3.05, 3.63) is 87.1 Å². The first kappa shape index (κ1) is 18.8. The number of rotatable bonds is 5. The standard InChI is InChI=1S/C23H23FN2OS/c1-16-22(28-21(25-16)15-18-9-11-19(24)12-10-18)23(27)26-13-5-8-20(26)14-17-6-3-2-4-7-17/h2-4,6-7,9-12,20H,5,8,13-15H2,1H3/t20-/m0/s1. The van der Waals surface area contributed by atoms with E-state index in [9.17, 15) is 9.18 Å². The summed E-state index contributed by atoms with van der Waals surface area (Å²) in [6.45, 7) is 2.71. The number of hydrogen-bond acceptors (Lipinski definition) is 3. The topological polar surface area (TPSA) is 33.2 Å². The minimum absolute atomic E-state index is 0.0961.